The van der Waals surface area contributed by atoms with Crippen molar-refractivity contribution in [3.63, 3.8) is 0 Å². The maximum atomic E-state index is 9.34. The normalized spacial score (nSPS) is 24.3. The maximum absolute atomic E-state index is 9.34. The smallest absolute Gasteiger partial charge is 0.318 e. The average molecular weight is 250 g/mol. The predicted octanol–water partition coefficient (Wildman–Crippen LogP) is 2.94. The zero-order valence-electron chi connectivity index (χ0n) is 11.3. The molecule has 2 rings (SSSR count). The van der Waals surface area contributed by atoms with E-state index in [0.29, 0.717) is 17.6 Å². The van der Waals surface area contributed by atoms with E-state index in [1.54, 1.807) is 6.07 Å². The zero-order valence-corrected chi connectivity index (χ0v) is 11.3. The minimum atomic E-state index is -2.12. The molecule has 100 valence electrons. The molecule has 1 fully saturated rings. The first-order valence-corrected chi connectivity index (χ1v) is 6.62. The third-order valence-electron chi connectivity index (χ3n) is 3.89. The van der Waals surface area contributed by atoms with Crippen molar-refractivity contribution in [2.75, 3.05) is 0 Å². The molecule has 1 aromatic carbocycles. The van der Waals surface area contributed by atoms with Crippen LogP contribution in [0.25, 0.3) is 0 Å². The van der Waals surface area contributed by atoms with E-state index in [2.05, 4.69) is 13.0 Å². The Balaban J connectivity index is 2.30. The van der Waals surface area contributed by atoms with E-state index >= 15 is 0 Å². The van der Waals surface area contributed by atoms with Gasteiger partial charge in [-0.2, -0.15) is 0 Å². The molecule has 0 spiro atoms. The topological polar surface area (TPSA) is 49.7 Å². The first-order valence-electron chi connectivity index (χ1n) is 6.62. The highest BCUT2D eigenvalue weighted by Crippen LogP contribution is 2.42. The van der Waals surface area contributed by atoms with Crippen LogP contribution in [0.3, 0.4) is 0 Å². The molecule has 0 heterocycles. The summed E-state index contributed by atoms with van der Waals surface area (Å²) in [6, 6.07) is 5.83. The van der Waals surface area contributed by atoms with Crippen LogP contribution in [0.2, 0.25) is 0 Å². The molecular formula is C15H22O3. The Bertz CT molecular complexity index is 420. The van der Waals surface area contributed by atoms with Gasteiger partial charge < -0.3 is 14.9 Å². The summed E-state index contributed by atoms with van der Waals surface area (Å²) < 4.78 is 5.18. The van der Waals surface area contributed by atoms with Crippen LogP contribution in [-0.4, -0.2) is 16.2 Å². The monoisotopic (exact) mass is 250 g/mol. The summed E-state index contributed by atoms with van der Waals surface area (Å²) >= 11 is 0. The molecule has 1 aromatic rings. The molecule has 18 heavy (non-hydrogen) atoms. The van der Waals surface area contributed by atoms with Crippen LogP contribution in [-0.2, 0) is 0 Å². The molecule has 0 radical (unpaired) electrons. The van der Waals surface area contributed by atoms with Crippen LogP contribution >= 0.6 is 0 Å². The van der Waals surface area contributed by atoms with Crippen molar-refractivity contribution in [2.45, 2.75) is 51.9 Å². The van der Waals surface area contributed by atoms with Crippen molar-refractivity contribution in [3.05, 3.63) is 29.3 Å². The standard InChI is InChI=1S/C15H22O3/c1-10-6-4-7-12(10)13-8-5-9-14(11(13)2)18-15(3,16)17/h5,8-10,12,16-17H,4,6-7H2,1-3H3/t10-,12+/m0/s1. The Labute approximate surface area is 108 Å². The highest BCUT2D eigenvalue weighted by atomic mass is 16.8. The van der Waals surface area contributed by atoms with Crippen molar-refractivity contribution >= 4 is 0 Å². The lowest BCUT2D eigenvalue weighted by molar-refractivity contribution is -0.278. The summed E-state index contributed by atoms with van der Waals surface area (Å²) in [6.45, 7) is 5.49. The van der Waals surface area contributed by atoms with Gasteiger partial charge in [0.1, 0.15) is 5.75 Å². The number of benzene rings is 1. The Hall–Kier alpha value is -1.06. The van der Waals surface area contributed by atoms with E-state index in [-0.39, 0.29) is 0 Å². The van der Waals surface area contributed by atoms with Crippen LogP contribution in [0.4, 0.5) is 0 Å². The van der Waals surface area contributed by atoms with Gasteiger partial charge in [-0.25, -0.2) is 0 Å². The molecular weight excluding hydrogens is 228 g/mol. The molecule has 1 aliphatic rings. The number of hydrogen-bond donors (Lipinski definition) is 2. The molecule has 0 unspecified atom stereocenters. The lowest BCUT2D eigenvalue weighted by atomic mass is 9.87. The highest BCUT2D eigenvalue weighted by Gasteiger charge is 2.27. The zero-order chi connectivity index (χ0) is 13.3. The van der Waals surface area contributed by atoms with Crippen molar-refractivity contribution in [2.24, 2.45) is 5.92 Å². The van der Waals surface area contributed by atoms with Crippen molar-refractivity contribution in [1.82, 2.24) is 0 Å². The second kappa shape index (κ2) is 4.90. The summed E-state index contributed by atoms with van der Waals surface area (Å²) in [5, 5.41) is 18.7. The third-order valence-corrected chi connectivity index (χ3v) is 3.89. The Morgan fingerprint density at radius 1 is 1.28 bits per heavy atom. The fourth-order valence-electron chi connectivity index (χ4n) is 2.96. The fourth-order valence-corrected chi connectivity index (χ4v) is 2.96. The van der Waals surface area contributed by atoms with Gasteiger partial charge in [0.25, 0.3) is 0 Å². The maximum Gasteiger partial charge on any atom is 0.318 e. The van der Waals surface area contributed by atoms with E-state index < -0.39 is 5.97 Å². The Morgan fingerprint density at radius 3 is 2.56 bits per heavy atom. The van der Waals surface area contributed by atoms with Gasteiger partial charge in [-0.1, -0.05) is 31.9 Å². The molecule has 0 saturated heterocycles. The van der Waals surface area contributed by atoms with Gasteiger partial charge in [0.2, 0.25) is 0 Å². The molecule has 3 heteroatoms. The number of aliphatic hydroxyl groups is 2. The minimum Gasteiger partial charge on any atom is -0.439 e. The second-order valence-corrected chi connectivity index (χ2v) is 5.52. The molecule has 2 atom stereocenters. The number of hydrogen-bond acceptors (Lipinski definition) is 3. The van der Waals surface area contributed by atoms with E-state index in [4.69, 9.17) is 4.74 Å². The molecule has 1 aliphatic carbocycles. The first kappa shape index (κ1) is 13.4. The van der Waals surface area contributed by atoms with Crippen LogP contribution in [0.5, 0.6) is 5.75 Å². The van der Waals surface area contributed by atoms with Crippen LogP contribution in [0.15, 0.2) is 18.2 Å². The van der Waals surface area contributed by atoms with Crippen molar-refractivity contribution < 1.29 is 14.9 Å². The van der Waals surface area contributed by atoms with Gasteiger partial charge >= 0.3 is 5.97 Å². The van der Waals surface area contributed by atoms with Gasteiger partial charge in [-0.15, -0.1) is 0 Å². The fraction of sp³-hybridized carbons (Fsp3) is 0.600. The summed E-state index contributed by atoms with van der Waals surface area (Å²) in [5.41, 5.74) is 2.30. The Kier molecular flexibility index (Phi) is 3.64. The van der Waals surface area contributed by atoms with E-state index in [9.17, 15) is 10.2 Å². The second-order valence-electron chi connectivity index (χ2n) is 5.52. The summed E-state index contributed by atoms with van der Waals surface area (Å²) in [6.07, 6.45) is 3.75. The molecule has 0 amide bonds. The van der Waals surface area contributed by atoms with Crippen molar-refractivity contribution in [3.8, 4) is 5.75 Å². The SMILES string of the molecule is Cc1c(OC(C)(O)O)cccc1[C@@H]1CCC[C@@H]1C. The van der Waals surface area contributed by atoms with E-state index in [0.717, 1.165) is 5.56 Å². The van der Waals surface area contributed by atoms with Crippen LogP contribution < -0.4 is 4.74 Å². The van der Waals surface area contributed by atoms with Gasteiger partial charge in [0.15, 0.2) is 0 Å². The summed E-state index contributed by atoms with van der Waals surface area (Å²) in [7, 11) is 0. The summed E-state index contributed by atoms with van der Waals surface area (Å²) in [5.74, 6) is -0.310. The molecule has 0 aliphatic heterocycles. The largest absolute Gasteiger partial charge is 0.439 e. The van der Waals surface area contributed by atoms with Crippen LogP contribution in [0.1, 0.15) is 50.2 Å². The quantitative estimate of drug-likeness (QED) is 0.811. The number of ether oxygens (including phenoxy) is 1. The molecule has 1 saturated carbocycles. The molecule has 0 aromatic heterocycles. The van der Waals surface area contributed by atoms with Gasteiger partial charge in [0, 0.05) is 6.92 Å². The van der Waals surface area contributed by atoms with E-state index in [1.165, 1.54) is 31.7 Å². The molecule has 3 nitrogen and oxygen atoms in total. The lowest BCUT2D eigenvalue weighted by Gasteiger charge is -2.23. The van der Waals surface area contributed by atoms with E-state index in [1.807, 2.05) is 13.0 Å². The number of rotatable bonds is 3. The molecule has 0 bridgehead atoms. The first-order chi connectivity index (χ1) is 8.38. The van der Waals surface area contributed by atoms with Gasteiger partial charge in [-0.3, -0.25) is 0 Å². The predicted molar refractivity (Wildman–Crippen MR) is 70.4 cm³/mol. The van der Waals surface area contributed by atoms with Gasteiger partial charge in [0.05, 0.1) is 0 Å². The van der Waals surface area contributed by atoms with Crippen LogP contribution in [0, 0.1) is 12.8 Å². The molecule has 2 N–H and O–H groups in total. The minimum absolute atomic E-state index is 0.555. The highest BCUT2D eigenvalue weighted by molar-refractivity contribution is 5.41. The van der Waals surface area contributed by atoms with Gasteiger partial charge in [-0.05, 0) is 42.4 Å². The van der Waals surface area contributed by atoms with Crippen molar-refractivity contribution in [1.29, 1.82) is 0 Å². The lowest BCUT2D eigenvalue weighted by Crippen LogP contribution is -2.31. The third kappa shape index (κ3) is 2.85. The Morgan fingerprint density at radius 2 is 2.00 bits per heavy atom. The summed E-state index contributed by atoms with van der Waals surface area (Å²) in [4.78, 5) is 0. The average Bonchev–Trinajstić information content (AvgIpc) is 2.66.